The molecule has 0 saturated carbocycles. The van der Waals surface area contributed by atoms with E-state index < -0.39 is 16.1 Å². The minimum Gasteiger partial charge on any atom is -0.496 e. The molecule has 1 aromatic heterocycles. The molecule has 3 aliphatic rings. The molecule has 4 heterocycles. The summed E-state index contributed by atoms with van der Waals surface area (Å²) in [4.78, 5) is 33.8. The molecular formula is C44H51N7O7S. The first-order valence-corrected chi connectivity index (χ1v) is 21.4. The van der Waals surface area contributed by atoms with E-state index in [0.29, 0.717) is 52.2 Å². The lowest BCUT2D eigenvalue weighted by atomic mass is 9.72. The van der Waals surface area contributed by atoms with Crippen molar-refractivity contribution in [2.75, 3.05) is 67.3 Å². The van der Waals surface area contributed by atoms with Crippen molar-refractivity contribution in [3.05, 3.63) is 96.2 Å². The van der Waals surface area contributed by atoms with Crippen molar-refractivity contribution in [2.24, 2.45) is 5.41 Å². The number of piperidine rings is 3. The van der Waals surface area contributed by atoms with E-state index in [1.165, 1.54) is 7.11 Å². The number of ether oxygens (including phenoxy) is 3. The lowest BCUT2D eigenvalue weighted by Gasteiger charge is -2.48. The molecular weight excluding hydrogens is 771 g/mol. The molecule has 3 aliphatic heterocycles. The van der Waals surface area contributed by atoms with Crippen LogP contribution in [0.15, 0.2) is 85.1 Å². The van der Waals surface area contributed by atoms with Gasteiger partial charge in [0.2, 0.25) is 10.0 Å². The van der Waals surface area contributed by atoms with E-state index in [2.05, 4.69) is 35.9 Å². The number of carbonyl (C=O) groups excluding carboxylic acids is 2. The van der Waals surface area contributed by atoms with Crippen molar-refractivity contribution in [1.29, 1.82) is 0 Å². The summed E-state index contributed by atoms with van der Waals surface area (Å²) in [5.41, 5.74) is 2.79. The number of hydrogen-bond acceptors (Lipinski definition) is 10. The first kappa shape index (κ1) is 41.1. The van der Waals surface area contributed by atoms with E-state index in [1.807, 2.05) is 51.1 Å². The second kappa shape index (κ2) is 16.7. The Morgan fingerprint density at radius 3 is 2.19 bits per heavy atom. The van der Waals surface area contributed by atoms with Crippen LogP contribution in [-0.2, 0) is 15.4 Å². The van der Waals surface area contributed by atoms with E-state index in [4.69, 9.17) is 14.2 Å². The number of anilines is 5. The number of nitrogens with one attached hydrogen (secondary N) is 5. The van der Waals surface area contributed by atoms with Gasteiger partial charge in [0, 0.05) is 41.3 Å². The summed E-state index contributed by atoms with van der Waals surface area (Å²) in [5, 5.41) is 13.7. The van der Waals surface area contributed by atoms with E-state index in [1.54, 1.807) is 61.8 Å². The van der Waals surface area contributed by atoms with Gasteiger partial charge in [-0.2, -0.15) is 0 Å². The molecule has 59 heavy (non-hydrogen) atoms. The topological polar surface area (TPSA) is 172 Å². The minimum absolute atomic E-state index is 0.150. The van der Waals surface area contributed by atoms with Gasteiger partial charge in [0.1, 0.15) is 23.1 Å². The zero-order valence-corrected chi connectivity index (χ0v) is 35.0. The summed E-state index contributed by atoms with van der Waals surface area (Å²) < 4.78 is 44.5. The lowest BCUT2D eigenvalue weighted by Crippen LogP contribution is -2.52. The molecule has 4 aromatic carbocycles. The third-order valence-corrected chi connectivity index (χ3v) is 11.6. The Hall–Kier alpha value is -6.06. The Labute approximate surface area is 345 Å². The Morgan fingerprint density at radius 2 is 1.51 bits per heavy atom. The number of urea groups is 1. The highest BCUT2D eigenvalue weighted by molar-refractivity contribution is 7.92. The van der Waals surface area contributed by atoms with Gasteiger partial charge in [-0.1, -0.05) is 45.0 Å². The molecule has 2 bridgehead atoms. The van der Waals surface area contributed by atoms with Crippen molar-refractivity contribution >= 4 is 61.3 Å². The van der Waals surface area contributed by atoms with Crippen LogP contribution >= 0.6 is 0 Å². The summed E-state index contributed by atoms with van der Waals surface area (Å²) in [6.45, 7) is 9.93. The van der Waals surface area contributed by atoms with Crippen molar-refractivity contribution in [1.82, 2.24) is 15.2 Å². The number of methoxy groups -OCH3 is 2. The largest absolute Gasteiger partial charge is 0.496 e. The van der Waals surface area contributed by atoms with Crippen LogP contribution in [0.3, 0.4) is 0 Å². The average molecular weight is 822 g/mol. The van der Waals surface area contributed by atoms with Crippen molar-refractivity contribution < 1.29 is 32.2 Å². The standard InChI is InChI=1S/C44H51N7O7S/c1-43(2,3)28-23-35(40(57-5)36(24-28)50-59(6,54)55)49-42(53)48-34-13-14-37(32-10-8-7-9-31(32)34)58-30-15-19-45-39(26-30)47-29-11-12-33(38(25-29)56-4)41(52)46-27-44-16-20-51(21-17-44)22-18-44/h7-15,19,23-26,50H,16-18,20-22,27H2,1-6H3,(H,45,47)(H,46,52)(H2,48,49,53). The minimum atomic E-state index is -3.64. The van der Waals surface area contributed by atoms with Gasteiger partial charge in [-0.25, -0.2) is 18.2 Å². The number of aromatic nitrogens is 1. The summed E-state index contributed by atoms with van der Waals surface area (Å²) in [6, 6.07) is 22.8. The summed E-state index contributed by atoms with van der Waals surface area (Å²) in [7, 11) is -0.681. The van der Waals surface area contributed by atoms with Crippen LogP contribution in [-0.4, -0.2) is 76.9 Å². The molecule has 14 nitrogen and oxygen atoms in total. The van der Waals surface area contributed by atoms with Crippen molar-refractivity contribution in [3.8, 4) is 23.0 Å². The van der Waals surface area contributed by atoms with Crippen molar-refractivity contribution in [2.45, 2.75) is 45.4 Å². The normalized spacial score (nSPS) is 17.5. The zero-order valence-electron chi connectivity index (χ0n) is 34.2. The quantitative estimate of drug-likeness (QED) is 0.0778. The molecule has 0 spiro atoms. The Kier molecular flexibility index (Phi) is 11.6. The molecule has 8 rings (SSSR count). The number of amides is 3. The SMILES string of the molecule is COc1cc(Nc2cc(Oc3ccc(NC(=O)Nc4cc(C(C)(C)C)cc(NS(C)(=O)=O)c4OC)c4ccccc34)ccn2)ccc1C(=O)NCC12CCN(CC1)CC2. The molecule has 0 aliphatic carbocycles. The van der Waals surface area contributed by atoms with Crippen LogP contribution in [0.25, 0.3) is 10.8 Å². The molecule has 15 heteroatoms. The van der Waals surface area contributed by atoms with E-state index in [0.717, 1.165) is 61.5 Å². The number of pyridine rings is 1. The van der Waals surface area contributed by atoms with Crippen LogP contribution in [0.5, 0.6) is 23.0 Å². The molecule has 5 N–H and O–H groups in total. The van der Waals surface area contributed by atoms with Crippen LogP contribution in [0, 0.1) is 5.41 Å². The number of hydrogen-bond donors (Lipinski definition) is 5. The number of fused-ring (bicyclic) bond motifs is 4. The maximum Gasteiger partial charge on any atom is 0.323 e. The Morgan fingerprint density at radius 1 is 0.814 bits per heavy atom. The van der Waals surface area contributed by atoms with E-state index in [-0.39, 0.29) is 28.2 Å². The number of benzene rings is 4. The maximum atomic E-state index is 13.5. The third kappa shape index (κ3) is 9.64. The highest BCUT2D eigenvalue weighted by Crippen LogP contribution is 2.41. The van der Waals surface area contributed by atoms with Gasteiger partial charge in [-0.15, -0.1) is 0 Å². The lowest BCUT2D eigenvalue weighted by molar-refractivity contribution is 0.0262. The second-order valence-electron chi connectivity index (χ2n) is 16.3. The molecule has 310 valence electrons. The van der Waals surface area contributed by atoms with Gasteiger partial charge in [-0.3, -0.25) is 9.52 Å². The predicted molar refractivity (Wildman–Crippen MR) is 232 cm³/mol. The van der Waals surface area contributed by atoms with Gasteiger partial charge < -0.3 is 40.4 Å². The maximum absolute atomic E-state index is 13.5. The van der Waals surface area contributed by atoms with Gasteiger partial charge in [0.15, 0.2) is 5.75 Å². The smallest absolute Gasteiger partial charge is 0.323 e. The average Bonchev–Trinajstić information content (AvgIpc) is 3.20. The molecule has 3 saturated heterocycles. The second-order valence-corrected chi connectivity index (χ2v) is 18.0. The molecule has 0 radical (unpaired) electrons. The first-order valence-electron chi connectivity index (χ1n) is 19.5. The summed E-state index contributed by atoms with van der Waals surface area (Å²) >= 11 is 0. The van der Waals surface area contributed by atoms with Crippen LogP contribution < -0.4 is 40.2 Å². The highest BCUT2D eigenvalue weighted by atomic mass is 32.2. The summed E-state index contributed by atoms with van der Waals surface area (Å²) in [5.74, 6) is 2.07. The highest BCUT2D eigenvalue weighted by Gasteiger charge is 2.39. The number of sulfonamides is 1. The first-order chi connectivity index (χ1) is 28.1. The Bertz CT molecular complexity index is 2480. The van der Waals surface area contributed by atoms with Crippen LogP contribution in [0.4, 0.5) is 33.4 Å². The van der Waals surface area contributed by atoms with Crippen LogP contribution in [0.2, 0.25) is 0 Å². The fourth-order valence-electron chi connectivity index (χ4n) is 7.69. The zero-order chi connectivity index (χ0) is 42.0. The molecule has 3 amide bonds. The number of rotatable bonds is 13. The van der Waals surface area contributed by atoms with E-state index >= 15 is 0 Å². The fraction of sp³-hybridized carbons (Fsp3) is 0.341. The molecule has 0 unspecified atom stereocenters. The van der Waals surface area contributed by atoms with Gasteiger partial charge >= 0.3 is 6.03 Å². The summed E-state index contributed by atoms with van der Waals surface area (Å²) in [6.07, 6.45) is 6.03. The molecule has 0 atom stereocenters. The predicted octanol–water partition coefficient (Wildman–Crippen LogP) is 8.32. The molecule has 5 aromatic rings. The van der Waals surface area contributed by atoms with E-state index in [9.17, 15) is 18.0 Å². The molecule has 3 fully saturated rings. The third-order valence-electron chi connectivity index (χ3n) is 11.0. The van der Waals surface area contributed by atoms with Gasteiger partial charge in [0.05, 0.1) is 43.1 Å². The Balaban J connectivity index is 1.05. The fourth-order valence-corrected chi connectivity index (χ4v) is 8.25. The van der Waals surface area contributed by atoms with Crippen LogP contribution in [0.1, 0.15) is 56.0 Å². The monoisotopic (exact) mass is 821 g/mol. The number of carbonyl (C=O) groups is 2. The number of nitrogens with zero attached hydrogens (tertiary/aromatic N) is 2. The van der Waals surface area contributed by atoms with Gasteiger partial charge in [-0.05, 0) is 97.8 Å². The van der Waals surface area contributed by atoms with Crippen molar-refractivity contribution in [3.63, 3.8) is 0 Å². The van der Waals surface area contributed by atoms with Gasteiger partial charge in [0.25, 0.3) is 5.91 Å².